The van der Waals surface area contributed by atoms with E-state index in [4.69, 9.17) is 0 Å². The van der Waals surface area contributed by atoms with Crippen LogP contribution in [0.2, 0.25) is 0 Å². The third-order valence-corrected chi connectivity index (χ3v) is 5.08. The van der Waals surface area contributed by atoms with Gasteiger partial charge in [-0.1, -0.05) is 37.6 Å². The number of nitrogens with one attached hydrogen (secondary N) is 1. The molecular weight excluding hydrogens is 330 g/mol. The van der Waals surface area contributed by atoms with Crippen molar-refractivity contribution in [3.8, 4) is 0 Å². The maximum atomic E-state index is 12.5. The Bertz CT molecular complexity index is 736. The van der Waals surface area contributed by atoms with Crippen LogP contribution in [0.5, 0.6) is 0 Å². The fourth-order valence-corrected chi connectivity index (χ4v) is 3.76. The Balaban J connectivity index is 2.06. The van der Waals surface area contributed by atoms with Crippen LogP contribution in [0, 0.1) is 0 Å². The maximum Gasteiger partial charge on any atom is 0.263 e. The highest BCUT2D eigenvalue weighted by atomic mass is 32.2. The lowest BCUT2D eigenvalue weighted by Gasteiger charge is -2.10. The number of hydrogen-bond acceptors (Lipinski definition) is 5. The van der Waals surface area contributed by atoms with Crippen molar-refractivity contribution in [1.82, 2.24) is 14.9 Å². The number of hydrogen-bond donors (Lipinski definition) is 1. The lowest BCUT2D eigenvalue weighted by molar-refractivity contribution is -0.118. The van der Waals surface area contributed by atoms with Crippen molar-refractivity contribution in [3.63, 3.8) is 0 Å². The molecule has 1 N–H and O–H groups in total. The lowest BCUT2D eigenvalue weighted by Crippen LogP contribution is -2.27. The highest BCUT2D eigenvalue weighted by Crippen LogP contribution is 2.21. The molecule has 0 atom stereocenters. The summed E-state index contributed by atoms with van der Waals surface area (Å²) >= 11 is 2.72. The van der Waals surface area contributed by atoms with Gasteiger partial charge in [-0.2, -0.15) is 0 Å². The first kappa shape index (κ1) is 17.7. The van der Waals surface area contributed by atoms with Gasteiger partial charge in [0, 0.05) is 13.1 Å². The van der Waals surface area contributed by atoms with Crippen LogP contribution in [0.1, 0.15) is 26.2 Å². The summed E-state index contributed by atoms with van der Waals surface area (Å²) in [6.07, 6.45) is 4.90. The molecule has 0 aliphatic heterocycles. The second kappa shape index (κ2) is 8.88. The maximum absolute atomic E-state index is 12.5. The summed E-state index contributed by atoms with van der Waals surface area (Å²) in [5.74, 6) is 0.226. The summed E-state index contributed by atoms with van der Waals surface area (Å²) in [4.78, 5) is 29.6. The number of unbranched alkanes of at least 4 members (excludes halogenated alkanes) is 2. The van der Waals surface area contributed by atoms with Gasteiger partial charge in [0.2, 0.25) is 5.91 Å². The third kappa shape index (κ3) is 4.68. The number of thiophene rings is 1. The van der Waals surface area contributed by atoms with Crippen molar-refractivity contribution in [2.24, 2.45) is 0 Å². The second-order valence-electron chi connectivity index (χ2n) is 5.08. The zero-order valence-electron chi connectivity index (χ0n) is 13.2. The minimum Gasteiger partial charge on any atom is -0.355 e. The van der Waals surface area contributed by atoms with Crippen LogP contribution in [0.4, 0.5) is 0 Å². The van der Waals surface area contributed by atoms with E-state index >= 15 is 0 Å². The van der Waals surface area contributed by atoms with Gasteiger partial charge in [-0.25, -0.2) is 4.98 Å². The Labute approximate surface area is 143 Å². The van der Waals surface area contributed by atoms with E-state index in [0.29, 0.717) is 28.5 Å². The molecule has 1 amide bonds. The van der Waals surface area contributed by atoms with E-state index in [1.165, 1.54) is 23.1 Å². The van der Waals surface area contributed by atoms with E-state index in [9.17, 15) is 9.59 Å². The van der Waals surface area contributed by atoms with Crippen molar-refractivity contribution in [2.75, 3.05) is 12.3 Å². The Morgan fingerprint density at radius 1 is 1.52 bits per heavy atom. The van der Waals surface area contributed by atoms with Gasteiger partial charge >= 0.3 is 0 Å². The van der Waals surface area contributed by atoms with Crippen LogP contribution in [-0.2, 0) is 11.3 Å². The van der Waals surface area contributed by atoms with Gasteiger partial charge in [-0.15, -0.1) is 17.9 Å². The summed E-state index contributed by atoms with van der Waals surface area (Å²) in [6, 6.07) is 1.78. The van der Waals surface area contributed by atoms with Crippen LogP contribution in [-0.4, -0.2) is 27.8 Å². The smallest absolute Gasteiger partial charge is 0.263 e. The van der Waals surface area contributed by atoms with E-state index in [1.54, 1.807) is 16.7 Å². The first-order chi connectivity index (χ1) is 11.2. The van der Waals surface area contributed by atoms with E-state index in [2.05, 4.69) is 23.8 Å². The summed E-state index contributed by atoms with van der Waals surface area (Å²) in [7, 11) is 0. The van der Waals surface area contributed by atoms with Gasteiger partial charge in [0.25, 0.3) is 5.56 Å². The summed E-state index contributed by atoms with van der Waals surface area (Å²) < 4.78 is 1.57. The molecule has 2 heterocycles. The van der Waals surface area contributed by atoms with E-state index in [-0.39, 0.29) is 17.2 Å². The molecule has 124 valence electrons. The average Bonchev–Trinajstić information content (AvgIpc) is 3.01. The topological polar surface area (TPSA) is 64.0 Å². The first-order valence-corrected chi connectivity index (χ1v) is 9.52. The summed E-state index contributed by atoms with van der Waals surface area (Å²) in [5.41, 5.74) is -0.0815. The molecule has 2 aromatic rings. The molecule has 0 saturated carbocycles. The predicted molar refractivity (Wildman–Crippen MR) is 97.3 cm³/mol. The number of nitrogens with zero attached hydrogens (tertiary/aromatic N) is 2. The quantitative estimate of drug-likeness (QED) is 0.326. The molecule has 0 bridgehead atoms. The molecule has 0 fully saturated rings. The highest BCUT2D eigenvalue weighted by molar-refractivity contribution is 7.99. The second-order valence-corrected chi connectivity index (χ2v) is 6.92. The average molecular weight is 351 g/mol. The number of thioether (sulfide) groups is 1. The number of carbonyl (C=O) groups excluding carboxylic acids is 1. The summed E-state index contributed by atoms with van der Waals surface area (Å²) in [6.45, 7) is 6.90. The van der Waals surface area contributed by atoms with E-state index in [0.717, 1.165) is 19.3 Å². The Morgan fingerprint density at radius 2 is 2.35 bits per heavy atom. The normalized spacial score (nSPS) is 10.8. The monoisotopic (exact) mass is 351 g/mol. The number of rotatable bonds is 9. The fourth-order valence-electron chi connectivity index (χ4n) is 2.11. The number of carbonyl (C=O) groups is 1. The fraction of sp³-hybridized carbons (Fsp3) is 0.438. The summed E-state index contributed by atoms with van der Waals surface area (Å²) in [5, 5.41) is 5.93. The van der Waals surface area contributed by atoms with Crippen LogP contribution in [0.15, 0.2) is 34.1 Å². The molecule has 0 aliphatic rings. The van der Waals surface area contributed by atoms with Crippen molar-refractivity contribution in [1.29, 1.82) is 0 Å². The molecule has 0 saturated heterocycles. The van der Waals surface area contributed by atoms with Crippen LogP contribution < -0.4 is 10.9 Å². The van der Waals surface area contributed by atoms with E-state index < -0.39 is 0 Å². The molecule has 2 rings (SSSR count). The number of fused-ring (bicyclic) bond motifs is 1. The molecule has 0 unspecified atom stereocenters. The van der Waals surface area contributed by atoms with Crippen molar-refractivity contribution >= 4 is 39.2 Å². The van der Waals surface area contributed by atoms with Gasteiger partial charge in [-0.3, -0.25) is 14.2 Å². The van der Waals surface area contributed by atoms with Gasteiger partial charge in [-0.05, 0) is 17.9 Å². The zero-order chi connectivity index (χ0) is 16.7. The largest absolute Gasteiger partial charge is 0.355 e. The van der Waals surface area contributed by atoms with Crippen molar-refractivity contribution in [3.05, 3.63) is 34.5 Å². The van der Waals surface area contributed by atoms with Gasteiger partial charge in [0.05, 0.1) is 11.1 Å². The SMILES string of the molecule is C=CCn1c(SCC(=O)NCCCCC)nc2sccc2c1=O. The van der Waals surface area contributed by atoms with E-state index in [1.807, 2.05) is 5.38 Å². The van der Waals surface area contributed by atoms with Crippen LogP contribution in [0.3, 0.4) is 0 Å². The molecule has 7 heteroatoms. The molecule has 0 radical (unpaired) electrons. The van der Waals surface area contributed by atoms with Crippen LogP contribution >= 0.6 is 23.1 Å². The van der Waals surface area contributed by atoms with Crippen molar-refractivity contribution < 1.29 is 4.79 Å². The highest BCUT2D eigenvalue weighted by Gasteiger charge is 2.13. The lowest BCUT2D eigenvalue weighted by atomic mass is 10.2. The van der Waals surface area contributed by atoms with Gasteiger partial charge in [0.15, 0.2) is 5.16 Å². The number of amides is 1. The zero-order valence-corrected chi connectivity index (χ0v) is 14.8. The number of aromatic nitrogens is 2. The van der Waals surface area contributed by atoms with Gasteiger partial charge < -0.3 is 5.32 Å². The molecule has 5 nitrogen and oxygen atoms in total. The molecular formula is C16H21N3O2S2. The standard InChI is InChI=1S/C16H21N3O2S2/c1-3-5-6-8-17-13(20)11-23-16-18-14-12(7-10-22-14)15(21)19(16)9-4-2/h4,7,10H,2-3,5-6,8-9,11H2,1H3,(H,17,20). The minimum atomic E-state index is -0.0815. The Kier molecular flexibility index (Phi) is 6.85. The third-order valence-electron chi connectivity index (χ3n) is 3.29. The van der Waals surface area contributed by atoms with Crippen molar-refractivity contribution in [2.45, 2.75) is 37.9 Å². The predicted octanol–water partition coefficient (Wildman–Crippen LogP) is 3.04. The molecule has 23 heavy (non-hydrogen) atoms. The first-order valence-electron chi connectivity index (χ1n) is 7.65. The molecule has 2 aromatic heterocycles. The Morgan fingerprint density at radius 3 is 3.09 bits per heavy atom. The number of allylic oxidation sites excluding steroid dienone is 1. The van der Waals surface area contributed by atoms with Crippen LogP contribution in [0.25, 0.3) is 10.2 Å². The Hall–Kier alpha value is -1.60. The molecule has 0 aromatic carbocycles. The minimum absolute atomic E-state index is 0.0308. The molecule has 0 spiro atoms. The van der Waals surface area contributed by atoms with Gasteiger partial charge in [0.1, 0.15) is 4.83 Å². The molecule has 0 aliphatic carbocycles.